The van der Waals surface area contributed by atoms with Crippen molar-refractivity contribution in [3.05, 3.63) is 268 Å². The molecule has 0 radical (unpaired) electrons. The Morgan fingerprint density at radius 3 is 1.10 bits per heavy atom. The van der Waals surface area contributed by atoms with Gasteiger partial charge < -0.3 is 37.9 Å². The summed E-state index contributed by atoms with van der Waals surface area (Å²) in [6.07, 6.45) is 13.0. The first-order valence-electron chi connectivity index (χ1n) is 31.3. The first-order chi connectivity index (χ1) is 45.2. The van der Waals surface area contributed by atoms with Crippen molar-refractivity contribution in [3.8, 4) is 46.0 Å². The minimum absolute atomic E-state index is 0.160. The summed E-state index contributed by atoms with van der Waals surface area (Å²) >= 11 is 6.83. The fourth-order valence-electron chi connectivity index (χ4n) is 15.3. The number of ketones is 2. The van der Waals surface area contributed by atoms with E-state index >= 15 is 9.59 Å². The molecule has 0 aliphatic heterocycles. The van der Waals surface area contributed by atoms with Crippen molar-refractivity contribution in [2.75, 3.05) is 28.4 Å². The minimum Gasteiger partial charge on any atom is -0.496 e. The molecule has 94 heavy (non-hydrogen) atoms. The van der Waals surface area contributed by atoms with E-state index in [9.17, 15) is 9.59 Å². The number of ether oxygens (including phenoxy) is 8. The predicted molar refractivity (Wildman–Crippen MR) is 370 cm³/mol. The van der Waals surface area contributed by atoms with Crippen LogP contribution < -0.4 is 37.9 Å². The molecule has 476 valence electrons. The third-order valence-corrected chi connectivity index (χ3v) is 21.1. The summed E-state index contributed by atoms with van der Waals surface area (Å²) in [4.78, 5) is 56.9. The largest absolute Gasteiger partial charge is 0.496 e. The molecule has 12 nitrogen and oxygen atoms in total. The van der Waals surface area contributed by atoms with Gasteiger partial charge in [-0.15, -0.1) is 0 Å². The van der Waals surface area contributed by atoms with Gasteiger partial charge >= 0.3 is 11.9 Å². The maximum absolute atomic E-state index is 15.0. The number of fused-ring (bicyclic) bond motifs is 6. The number of allylic oxidation sites excluding steroid dienone is 6. The third-order valence-electron chi connectivity index (χ3n) is 20.0. The number of methoxy groups -OCH3 is 4. The van der Waals surface area contributed by atoms with Crippen LogP contribution in [-0.2, 0) is 24.0 Å². The van der Waals surface area contributed by atoms with Crippen LogP contribution >= 0.6 is 31.9 Å². The summed E-state index contributed by atoms with van der Waals surface area (Å²) in [5.74, 6) is 1.75. The smallest absolute Gasteiger partial charge is 0.343 e. The fraction of sp³-hybridized carbons (Fsp3) is 0.250. The quantitative estimate of drug-likeness (QED) is 0.0581. The van der Waals surface area contributed by atoms with Gasteiger partial charge in [-0.2, -0.15) is 0 Å². The van der Waals surface area contributed by atoms with Gasteiger partial charge in [-0.1, -0.05) is 156 Å². The molecule has 0 saturated carbocycles. The summed E-state index contributed by atoms with van der Waals surface area (Å²) in [6, 6.07) is 44.0. The highest BCUT2D eigenvalue weighted by atomic mass is 79.9. The molecule has 8 aromatic carbocycles. The minimum atomic E-state index is -0.566. The van der Waals surface area contributed by atoms with Crippen molar-refractivity contribution in [1.82, 2.24) is 0 Å². The Bertz CT molecular complexity index is 4300. The first-order valence-corrected chi connectivity index (χ1v) is 32.9. The summed E-state index contributed by atoms with van der Waals surface area (Å²) in [6.45, 7) is 14.0. The maximum Gasteiger partial charge on any atom is 0.343 e. The van der Waals surface area contributed by atoms with Gasteiger partial charge in [-0.25, -0.2) is 9.59 Å². The average Bonchev–Trinajstić information content (AvgIpc) is 1.51. The van der Waals surface area contributed by atoms with Gasteiger partial charge in [0.1, 0.15) is 59.2 Å². The second kappa shape index (κ2) is 24.6. The van der Waals surface area contributed by atoms with Crippen LogP contribution in [0.1, 0.15) is 164 Å². The van der Waals surface area contributed by atoms with E-state index in [2.05, 4.69) is 97.7 Å². The first kappa shape index (κ1) is 63.5. The summed E-state index contributed by atoms with van der Waals surface area (Å²) < 4.78 is 50.8. The van der Waals surface area contributed by atoms with Gasteiger partial charge in [-0.05, 0) is 145 Å². The molecular formula is C80H70Br2O12. The number of carbonyl (C=O) groups is 4. The Kier molecular flexibility index (Phi) is 16.6. The van der Waals surface area contributed by atoms with Gasteiger partial charge in [0.2, 0.25) is 11.6 Å². The zero-order valence-corrected chi connectivity index (χ0v) is 57.2. The highest BCUT2D eigenvalue weighted by Crippen LogP contribution is 2.68. The molecule has 0 saturated heterocycles. The van der Waals surface area contributed by atoms with E-state index < -0.39 is 22.8 Å². The molecule has 0 N–H and O–H groups in total. The molecule has 14 heteroatoms. The number of hydrogen-bond donors (Lipinski definition) is 0. The van der Waals surface area contributed by atoms with Crippen LogP contribution in [0.15, 0.2) is 190 Å². The van der Waals surface area contributed by atoms with E-state index in [4.69, 9.17) is 37.9 Å². The van der Waals surface area contributed by atoms with Crippen molar-refractivity contribution in [2.45, 2.75) is 91.3 Å². The standard InChI is InChI=1S/2C40H35BrO6/c2*1-23-10-9-19-39(2,3)40(23)21-27-32-28(44-4)17-18-29(47-38(43)25-13-15-26(41)16-14-25)34(32)37(42)35-30(20-31(45-5)36(40)33(27)35)46-22-24-11-7-6-8-12-24/h2*6-8,10-18,20-21H,9,19,22H2,1-5H3/t2*40-/m00/s1. The molecule has 0 heterocycles. The molecular weight excluding hydrogens is 1310 g/mol. The molecule has 2 atom stereocenters. The van der Waals surface area contributed by atoms with E-state index in [1.54, 1.807) is 101 Å². The second-order valence-corrected chi connectivity index (χ2v) is 27.6. The lowest BCUT2D eigenvalue weighted by Gasteiger charge is -2.48. The molecule has 8 aromatic rings. The number of carbonyl (C=O) groups excluding carboxylic acids is 4. The van der Waals surface area contributed by atoms with Crippen LogP contribution in [0, 0.1) is 10.8 Å². The Morgan fingerprint density at radius 2 is 0.755 bits per heavy atom. The summed E-state index contributed by atoms with van der Waals surface area (Å²) in [5, 5.41) is 0. The SMILES string of the molecule is COc1ccc(OC(=O)c2ccc(Br)cc2)c2c1C1=C[C@]3(C(C)=CCCC3(C)C)c3c(OC)cc(OCc4ccccc4)c(c31)C2=O.COc1ccc(OC(=O)c2ccc(Br)cc2)c2c1C1=C[C@]3(C(C)=CCCC3(C)C)c3c(OC)cc(OCc4ccccc4)c(c31)C2=O. The number of halogens is 2. The van der Waals surface area contributed by atoms with Gasteiger partial charge in [0.05, 0.1) is 61.8 Å². The van der Waals surface area contributed by atoms with Crippen molar-refractivity contribution < 1.29 is 57.1 Å². The molecule has 6 aliphatic carbocycles. The Balaban J connectivity index is 0.000000171. The lowest BCUT2D eigenvalue weighted by Crippen LogP contribution is -2.43. The van der Waals surface area contributed by atoms with E-state index in [-0.39, 0.29) is 58.2 Å². The number of rotatable bonds is 14. The van der Waals surface area contributed by atoms with Gasteiger partial charge in [0.25, 0.3) is 0 Å². The van der Waals surface area contributed by atoms with E-state index in [1.165, 1.54) is 11.1 Å². The highest BCUT2D eigenvalue weighted by molar-refractivity contribution is 9.10. The van der Waals surface area contributed by atoms with E-state index in [0.717, 1.165) is 79.2 Å². The zero-order chi connectivity index (χ0) is 66.2. The number of benzene rings is 8. The van der Waals surface area contributed by atoms with Crippen LogP contribution in [-0.4, -0.2) is 51.9 Å². The van der Waals surface area contributed by atoms with E-state index in [1.807, 2.05) is 72.8 Å². The second-order valence-electron chi connectivity index (χ2n) is 25.8. The maximum atomic E-state index is 15.0. The van der Waals surface area contributed by atoms with Gasteiger partial charge in [-0.3, -0.25) is 9.59 Å². The molecule has 0 bridgehead atoms. The lowest BCUT2D eigenvalue weighted by atomic mass is 9.55. The van der Waals surface area contributed by atoms with Gasteiger partial charge in [0, 0.05) is 65.3 Å². The van der Waals surface area contributed by atoms with Crippen LogP contribution in [0.4, 0.5) is 0 Å². The summed E-state index contributed by atoms with van der Waals surface area (Å²) in [5.41, 5.74) is 11.2. The zero-order valence-electron chi connectivity index (χ0n) is 54.1. The van der Waals surface area contributed by atoms with Crippen molar-refractivity contribution >= 4 is 66.5 Å². The normalized spacial score (nSPS) is 18.6. The predicted octanol–water partition coefficient (Wildman–Crippen LogP) is 18.5. The molecule has 0 unspecified atom stereocenters. The van der Waals surface area contributed by atoms with Crippen LogP contribution in [0.5, 0.6) is 46.0 Å². The molecule has 0 amide bonds. The van der Waals surface area contributed by atoms with Gasteiger partial charge in [0.15, 0.2) is 0 Å². The lowest BCUT2D eigenvalue weighted by molar-refractivity contribution is 0.0721. The monoisotopic (exact) mass is 1380 g/mol. The number of esters is 2. The molecule has 14 rings (SSSR count). The van der Waals surface area contributed by atoms with E-state index in [0.29, 0.717) is 67.9 Å². The number of hydrogen-bond acceptors (Lipinski definition) is 12. The summed E-state index contributed by atoms with van der Waals surface area (Å²) in [7, 11) is 6.51. The Labute approximate surface area is 564 Å². The van der Waals surface area contributed by atoms with Crippen LogP contribution in [0.3, 0.4) is 0 Å². The van der Waals surface area contributed by atoms with Crippen molar-refractivity contribution in [1.29, 1.82) is 0 Å². The molecule has 0 aromatic heterocycles. The average molecular weight is 1380 g/mol. The third kappa shape index (κ3) is 10.2. The van der Waals surface area contributed by atoms with Crippen molar-refractivity contribution in [3.63, 3.8) is 0 Å². The van der Waals surface area contributed by atoms with Crippen LogP contribution in [0.25, 0.3) is 11.1 Å². The Morgan fingerprint density at radius 1 is 0.415 bits per heavy atom. The Hall–Kier alpha value is -9.24. The van der Waals surface area contributed by atoms with Crippen LogP contribution in [0.2, 0.25) is 0 Å². The fourth-order valence-corrected chi connectivity index (χ4v) is 15.8. The molecule has 6 aliphatic rings. The molecule has 0 fully saturated rings. The van der Waals surface area contributed by atoms with Crippen molar-refractivity contribution in [2.24, 2.45) is 10.8 Å². The topological polar surface area (TPSA) is 142 Å². The highest BCUT2D eigenvalue weighted by Gasteiger charge is 2.58. The molecule has 2 spiro atoms.